The Morgan fingerprint density at radius 2 is 1.79 bits per heavy atom. The summed E-state index contributed by atoms with van der Waals surface area (Å²) in [5.41, 5.74) is 1.59. The fourth-order valence-corrected chi connectivity index (χ4v) is 6.04. The maximum absolute atomic E-state index is 13.0. The molecule has 0 spiro atoms. The van der Waals surface area contributed by atoms with Crippen molar-refractivity contribution in [3.63, 3.8) is 0 Å². The third-order valence-electron chi connectivity index (χ3n) is 3.52. The first-order chi connectivity index (χ1) is 11.2. The quantitative estimate of drug-likeness (QED) is 0.625. The van der Waals surface area contributed by atoms with E-state index in [4.69, 9.17) is 11.6 Å². The molecule has 0 N–H and O–H groups in total. The van der Waals surface area contributed by atoms with Crippen molar-refractivity contribution in [3.8, 4) is 0 Å². The normalized spacial score (nSPS) is 13.8. The Morgan fingerprint density at radius 3 is 2.33 bits per heavy atom. The first-order valence-corrected chi connectivity index (χ1v) is 12.1. The highest BCUT2D eigenvalue weighted by molar-refractivity contribution is 7.91. The van der Waals surface area contributed by atoms with Gasteiger partial charge in [0.2, 0.25) is 0 Å². The molecule has 5 nitrogen and oxygen atoms in total. The molecule has 1 aromatic carbocycles. The summed E-state index contributed by atoms with van der Waals surface area (Å²) < 4.78 is 48.3. The van der Waals surface area contributed by atoms with E-state index in [1.165, 1.54) is 29.7 Å². The van der Waals surface area contributed by atoms with Crippen LogP contribution in [-0.2, 0) is 19.7 Å². The number of hydrogen-bond acceptors (Lipinski definition) is 6. The molecule has 1 heterocycles. The number of aromatic nitrogens is 1. The summed E-state index contributed by atoms with van der Waals surface area (Å²) in [7, 11) is -6.64. The van der Waals surface area contributed by atoms with E-state index in [2.05, 4.69) is 4.98 Å². The van der Waals surface area contributed by atoms with Gasteiger partial charge in [-0.15, -0.1) is 11.3 Å². The van der Waals surface area contributed by atoms with Gasteiger partial charge in [0.15, 0.2) is 9.84 Å². The minimum atomic E-state index is -3.59. The number of halogens is 1. The van der Waals surface area contributed by atoms with Crippen LogP contribution >= 0.6 is 22.9 Å². The minimum Gasteiger partial charge on any atom is -0.253 e. The molecule has 1 unspecified atom stereocenters. The Kier molecular flexibility index (Phi) is 6.41. The Morgan fingerprint density at radius 1 is 1.12 bits per heavy atom. The lowest BCUT2D eigenvalue weighted by molar-refractivity contribution is 0.568. The van der Waals surface area contributed by atoms with Crippen LogP contribution in [0.25, 0.3) is 0 Å². The van der Waals surface area contributed by atoms with Crippen molar-refractivity contribution in [1.82, 2.24) is 4.98 Å². The Labute approximate surface area is 151 Å². The van der Waals surface area contributed by atoms with E-state index in [0.717, 1.165) is 0 Å². The van der Waals surface area contributed by atoms with Crippen LogP contribution in [0.15, 0.2) is 40.9 Å². The highest BCUT2D eigenvalue weighted by Crippen LogP contribution is 2.35. The topological polar surface area (TPSA) is 81.2 Å². The van der Waals surface area contributed by atoms with Crippen LogP contribution in [0.3, 0.4) is 0 Å². The molecule has 24 heavy (non-hydrogen) atoms. The highest BCUT2D eigenvalue weighted by atomic mass is 35.5. The van der Waals surface area contributed by atoms with Crippen LogP contribution < -0.4 is 0 Å². The number of sulfone groups is 2. The van der Waals surface area contributed by atoms with Gasteiger partial charge in [0.1, 0.15) is 15.1 Å². The van der Waals surface area contributed by atoms with Crippen LogP contribution in [0.2, 0.25) is 5.02 Å². The monoisotopic (exact) mass is 407 g/mol. The predicted octanol–water partition coefficient (Wildman–Crippen LogP) is 3.53. The molecule has 0 aliphatic heterocycles. The van der Waals surface area contributed by atoms with Crippen molar-refractivity contribution in [2.24, 2.45) is 0 Å². The van der Waals surface area contributed by atoms with Crippen molar-refractivity contribution < 1.29 is 16.8 Å². The summed E-state index contributed by atoms with van der Waals surface area (Å²) in [6.07, 6.45) is 4.02. The number of nitrogens with zero attached hydrogens (tertiary/aromatic N) is 1. The predicted molar refractivity (Wildman–Crippen MR) is 97.1 cm³/mol. The van der Waals surface area contributed by atoms with Crippen LogP contribution in [0.5, 0.6) is 0 Å². The number of rotatable bonds is 8. The highest BCUT2D eigenvalue weighted by Gasteiger charge is 2.30. The molecule has 0 saturated carbocycles. The summed E-state index contributed by atoms with van der Waals surface area (Å²) in [6, 6.07) is 6.06. The van der Waals surface area contributed by atoms with Gasteiger partial charge in [0.25, 0.3) is 0 Å². The zero-order valence-electron chi connectivity index (χ0n) is 13.1. The van der Waals surface area contributed by atoms with Crippen molar-refractivity contribution in [2.75, 3.05) is 12.0 Å². The average Bonchev–Trinajstić information content (AvgIpc) is 3.00. The van der Waals surface area contributed by atoms with E-state index in [1.54, 1.807) is 23.8 Å². The van der Waals surface area contributed by atoms with Gasteiger partial charge in [0, 0.05) is 28.1 Å². The van der Waals surface area contributed by atoms with Crippen LogP contribution in [0, 0.1) is 0 Å². The van der Waals surface area contributed by atoms with Gasteiger partial charge in [-0.1, -0.05) is 18.0 Å². The lowest BCUT2D eigenvalue weighted by atomic mass is 10.2. The molecule has 0 saturated heterocycles. The molecule has 0 radical (unpaired) electrons. The molecular formula is C15H18ClNO4S3. The SMILES string of the molecule is CS(=O)(=O)CCCCC(c1cncs1)S(=O)(=O)c1ccc(Cl)cc1. The average molecular weight is 408 g/mol. The zero-order valence-corrected chi connectivity index (χ0v) is 16.3. The summed E-state index contributed by atoms with van der Waals surface area (Å²) in [6.45, 7) is 0. The number of unbranched alkanes of at least 4 members (excludes halogenated alkanes) is 1. The Bertz CT molecular complexity index is 860. The molecule has 0 aliphatic carbocycles. The second kappa shape index (κ2) is 7.95. The van der Waals surface area contributed by atoms with Crippen LogP contribution in [0.4, 0.5) is 0 Å². The van der Waals surface area contributed by atoms with Gasteiger partial charge >= 0.3 is 0 Å². The van der Waals surface area contributed by atoms with Crippen molar-refractivity contribution in [3.05, 3.63) is 45.9 Å². The van der Waals surface area contributed by atoms with Gasteiger partial charge in [-0.05, 0) is 37.1 Å². The standard InChI is InChI=1S/C15H18ClNO4S3/c1-23(18,19)9-3-2-4-15(14-10-17-11-22-14)24(20,21)13-7-5-12(16)6-8-13/h5-8,10-11,15H,2-4,9H2,1H3. The lowest BCUT2D eigenvalue weighted by Crippen LogP contribution is -2.13. The van der Waals surface area contributed by atoms with Gasteiger partial charge in [-0.2, -0.15) is 0 Å². The Hall–Kier alpha value is -0.960. The second-order valence-corrected chi connectivity index (χ2v) is 11.3. The summed E-state index contributed by atoms with van der Waals surface area (Å²) >= 11 is 7.11. The van der Waals surface area contributed by atoms with Crippen molar-refractivity contribution in [1.29, 1.82) is 0 Å². The molecule has 0 fully saturated rings. The molecular weight excluding hydrogens is 390 g/mol. The van der Waals surface area contributed by atoms with E-state index >= 15 is 0 Å². The molecule has 132 valence electrons. The maximum atomic E-state index is 13.0. The smallest absolute Gasteiger partial charge is 0.186 e. The van der Waals surface area contributed by atoms with E-state index < -0.39 is 24.9 Å². The third-order valence-corrected chi connectivity index (χ3v) is 8.01. The van der Waals surface area contributed by atoms with Crippen LogP contribution in [0.1, 0.15) is 29.4 Å². The lowest BCUT2D eigenvalue weighted by Gasteiger charge is -2.16. The summed E-state index contributed by atoms with van der Waals surface area (Å²) in [5, 5.41) is -0.262. The molecule has 0 aliphatic rings. The van der Waals surface area contributed by atoms with E-state index in [9.17, 15) is 16.8 Å². The first-order valence-electron chi connectivity index (χ1n) is 7.26. The van der Waals surface area contributed by atoms with Crippen molar-refractivity contribution in [2.45, 2.75) is 29.4 Å². The zero-order chi connectivity index (χ0) is 17.8. The fourth-order valence-electron chi connectivity index (χ4n) is 2.32. The van der Waals surface area contributed by atoms with Crippen LogP contribution in [-0.4, -0.2) is 33.8 Å². The second-order valence-electron chi connectivity index (χ2n) is 5.52. The van der Waals surface area contributed by atoms with Gasteiger partial charge in [-0.25, -0.2) is 16.8 Å². The van der Waals surface area contributed by atoms with Gasteiger partial charge in [0.05, 0.1) is 10.4 Å². The summed E-state index contributed by atoms with van der Waals surface area (Å²) in [5.74, 6) is 0.0589. The van der Waals surface area contributed by atoms with Crippen molar-refractivity contribution >= 4 is 42.6 Å². The molecule has 2 rings (SSSR count). The van der Waals surface area contributed by atoms with E-state index in [1.807, 2.05) is 0 Å². The van der Waals surface area contributed by atoms with Gasteiger partial charge < -0.3 is 0 Å². The maximum Gasteiger partial charge on any atom is 0.186 e. The molecule has 2 aromatic rings. The molecule has 0 bridgehead atoms. The molecule has 1 atom stereocenters. The molecule has 0 amide bonds. The fraction of sp³-hybridized carbons (Fsp3) is 0.400. The molecule has 9 heteroatoms. The number of hydrogen-bond donors (Lipinski definition) is 0. The molecule has 1 aromatic heterocycles. The Balaban J connectivity index is 2.21. The van der Waals surface area contributed by atoms with Gasteiger partial charge in [-0.3, -0.25) is 4.98 Å². The van der Waals surface area contributed by atoms with E-state index in [0.29, 0.717) is 29.2 Å². The minimum absolute atomic E-state index is 0.0589. The largest absolute Gasteiger partial charge is 0.253 e. The third kappa shape index (κ3) is 5.27. The number of benzene rings is 1. The first kappa shape index (κ1) is 19.4. The number of thiazole rings is 1. The van der Waals surface area contributed by atoms with E-state index in [-0.39, 0.29) is 10.6 Å². The summed E-state index contributed by atoms with van der Waals surface area (Å²) in [4.78, 5) is 4.83.